The van der Waals surface area contributed by atoms with Crippen LogP contribution in [0.1, 0.15) is 0 Å². The summed E-state index contributed by atoms with van der Waals surface area (Å²) in [6.45, 7) is 1.69. The minimum Gasteiger partial charge on any atom is -0.337 e. The molecule has 0 aromatic heterocycles. The minimum absolute atomic E-state index is 0.731. The Morgan fingerprint density at radius 1 is 1.20 bits per heavy atom. The van der Waals surface area contributed by atoms with Crippen LogP contribution in [0.5, 0.6) is 0 Å². The third-order valence-corrected chi connectivity index (χ3v) is 1.77. The molecule has 0 saturated heterocycles. The summed E-state index contributed by atoms with van der Waals surface area (Å²) in [4.78, 5) is 2.22. The van der Waals surface area contributed by atoms with Gasteiger partial charge in [-0.05, 0) is 12.1 Å². The summed E-state index contributed by atoms with van der Waals surface area (Å²) in [5, 5.41) is 0. The molecule has 1 aromatic rings. The highest BCUT2D eigenvalue weighted by molar-refractivity contribution is 5.92. The highest BCUT2D eigenvalue weighted by atomic mass is 15.3. The second-order valence-corrected chi connectivity index (χ2v) is 2.43. The average molecular weight is 134 g/mol. The third-order valence-electron chi connectivity index (χ3n) is 1.77. The van der Waals surface area contributed by atoms with Crippen molar-refractivity contribution in [2.75, 3.05) is 18.0 Å². The number of benzene rings is 1. The number of hydrogen-bond acceptors (Lipinski definition) is 2. The lowest BCUT2D eigenvalue weighted by Crippen LogP contribution is -2.13. The van der Waals surface area contributed by atoms with E-state index in [1.807, 2.05) is 0 Å². The predicted molar refractivity (Wildman–Crippen MR) is 42.5 cm³/mol. The van der Waals surface area contributed by atoms with Gasteiger partial charge in [-0.2, -0.15) is 0 Å². The van der Waals surface area contributed by atoms with Gasteiger partial charge in [0.15, 0.2) is 0 Å². The molecule has 1 aromatic carbocycles. The van der Waals surface area contributed by atoms with Crippen LogP contribution >= 0.6 is 0 Å². The first-order chi connectivity index (χ1) is 4.93. The van der Waals surface area contributed by atoms with Crippen LogP contribution in [0.2, 0.25) is 0 Å². The van der Waals surface area contributed by atoms with Crippen molar-refractivity contribution >= 4 is 11.4 Å². The van der Waals surface area contributed by atoms with Gasteiger partial charge in [0.05, 0.1) is 11.4 Å². The monoisotopic (exact) mass is 134 g/mol. The summed E-state index contributed by atoms with van der Waals surface area (Å²) in [5.41, 5.74) is 8.09. The van der Waals surface area contributed by atoms with Crippen molar-refractivity contribution in [3.63, 3.8) is 0 Å². The number of anilines is 2. The Kier molecular flexibility index (Phi) is 1.14. The molecule has 10 heavy (non-hydrogen) atoms. The molecule has 2 heteroatoms. The molecule has 2 N–H and O–H groups in total. The van der Waals surface area contributed by atoms with Gasteiger partial charge in [-0.15, -0.1) is 0 Å². The Balaban J connectivity index is 2.14. The maximum atomic E-state index is 5.41. The van der Waals surface area contributed by atoms with E-state index < -0.39 is 0 Å². The van der Waals surface area contributed by atoms with Crippen molar-refractivity contribution in [1.29, 1.82) is 0 Å². The normalized spacial score (nSPS) is 13.1. The molecular weight excluding hydrogens is 124 g/mol. The molecule has 52 valence electrons. The molecule has 2 nitrogen and oxygen atoms in total. The van der Waals surface area contributed by atoms with E-state index in [0.29, 0.717) is 0 Å². The molecule has 0 radical (unpaired) electrons. The van der Waals surface area contributed by atoms with Gasteiger partial charge >= 0.3 is 0 Å². The maximum absolute atomic E-state index is 5.41. The molecule has 2 rings (SSSR count). The molecule has 0 fully saturated rings. The van der Waals surface area contributed by atoms with Gasteiger partial charge in [0, 0.05) is 13.1 Å². The van der Waals surface area contributed by atoms with Crippen LogP contribution in [0.4, 0.5) is 11.4 Å². The lowest BCUT2D eigenvalue weighted by Gasteiger charge is -1.95. The lowest BCUT2D eigenvalue weighted by atomic mass is 10.4. The van der Waals surface area contributed by atoms with Crippen molar-refractivity contribution in [3.8, 4) is 0 Å². The number of rotatable bonds is 2. The standard InChI is InChI=1S/C8H10N2/c9-5-6-10-7-3-1-2-4-8(7)10/h1-4H,5-6,9H2. The summed E-state index contributed by atoms with van der Waals surface area (Å²) in [5.74, 6) is 0. The Hall–Kier alpha value is -1.02. The van der Waals surface area contributed by atoms with Crippen molar-refractivity contribution in [1.82, 2.24) is 0 Å². The fraction of sp³-hybridized carbons (Fsp3) is 0.250. The zero-order valence-electron chi connectivity index (χ0n) is 5.75. The Bertz CT molecular complexity index is 222. The average Bonchev–Trinajstić information content (AvgIpc) is 2.66. The largest absolute Gasteiger partial charge is 0.337 e. The zero-order chi connectivity index (χ0) is 6.97. The Labute approximate surface area is 60.3 Å². The first-order valence-electron chi connectivity index (χ1n) is 3.50. The topological polar surface area (TPSA) is 29.0 Å². The van der Waals surface area contributed by atoms with Gasteiger partial charge in [-0.25, -0.2) is 0 Å². The van der Waals surface area contributed by atoms with Crippen LogP contribution in [0.25, 0.3) is 0 Å². The zero-order valence-corrected chi connectivity index (χ0v) is 5.75. The summed E-state index contributed by atoms with van der Waals surface area (Å²) in [7, 11) is 0. The molecule has 0 spiro atoms. The summed E-state index contributed by atoms with van der Waals surface area (Å²) in [6, 6.07) is 8.33. The van der Waals surface area contributed by atoms with E-state index in [-0.39, 0.29) is 0 Å². The molecule has 0 bridgehead atoms. The van der Waals surface area contributed by atoms with E-state index in [4.69, 9.17) is 5.73 Å². The molecule has 1 heterocycles. The predicted octanol–water partition coefficient (Wildman–Crippen LogP) is 1.10. The van der Waals surface area contributed by atoms with E-state index in [9.17, 15) is 0 Å². The second kappa shape index (κ2) is 1.99. The Morgan fingerprint density at radius 2 is 1.80 bits per heavy atom. The van der Waals surface area contributed by atoms with Gasteiger partial charge in [0.2, 0.25) is 0 Å². The first-order valence-corrected chi connectivity index (χ1v) is 3.50. The fourth-order valence-electron chi connectivity index (χ4n) is 1.24. The fourth-order valence-corrected chi connectivity index (χ4v) is 1.24. The smallest absolute Gasteiger partial charge is 0.0653 e. The molecule has 0 aliphatic carbocycles. The molecule has 0 amide bonds. The van der Waals surface area contributed by atoms with Crippen LogP contribution in [-0.4, -0.2) is 13.1 Å². The number of para-hydroxylation sites is 2. The van der Waals surface area contributed by atoms with Crippen LogP contribution in [-0.2, 0) is 0 Å². The third kappa shape index (κ3) is 0.693. The number of nitrogens with zero attached hydrogens (tertiary/aromatic N) is 1. The van der Waals surface area contributed by atoms with Crippen LogP contribution in [0.3, 0.4) is 0 Å². The van der Waals surface area contributed by atoms with Gasteiger partial charge in [0.25, 0.3) is 0 Å². The van der Waals surface area contributed by atoms with Crippen molar-refractivity contribution < 1.29 is 0 Å². The lowest BCUT2D eigenvalue weighted by molar-refractivity contribution is 0.977. The Morgan fingerprint density at radius 3 is 2.30 bits per heavy atom. The molecule has 0 saturated carbocycles. The summed E-state index contributed by atoms with van der Waals surface area (Å²) < 4.78 is 0. The molecule has 1 aliphatic heterocycles. The number of hydrogen-bond donors (Lipinski definition) is 1. The van der Waals surface area contributed by atoms with Crippen LogP contribution in [0.15, 0.2) is 24.3 Å². The van der Waals surface area contributed by atoms with Crippen molar-refractivity contribution in [3.05, 3.63) is 24.3 Å². The second-order valence-electron chi connectivity index (χ2n) is 2.43. The quantitative estimate of drug-likeness (QED) is 0.613. The maximum Gasteiger partial charge on any atom is 0.0653 e. The summed E-state index contributed by atoms with van der Waals surface area (Å²) >= 11 is 0. The van der Waals surface area contributed by atoms with Crippen LogP contribution in [0, 0.1) is 0 Å². The number of fused-ring (bicyclic) bond motifs is 1. The van der Waals surface area contributed by atoms with Crippen molar-refractivity contribution in [2.45, 2.75) is 0 Å². The van der Waals surface area contributed by atoms with E-state index in [2.05, 4.69) is 29.2 Å². The molecule has 0 atom stereocenters. The van der Waals surface area contributed by atoms with E-state index in [0.717, 1.165) is 13.1 Å². The highest BCUT2D eigenvalue weighted by Crippen LogP contribution is 2.46. The van der Waals surface area contributed by atoms with Gasteiger partial charge in [-0.3, -0.25) is 0 Å². The highest BCUT2D eigenvalue weighted by Gasteiger charge is 2.25. The molecule has 0 unspecified atom stereocenters. The summed E-state index contributed by atoms with van der Waals surface area (Å²) in [6.07, 6.45) is 0. The first kappa shape index (κ1) is 5.74. The minimum atomic E-state index is 0.731. The van der Waals surface area contributed by atoms with E-state index in [1.165, 1.54) is 11.4 Å². The number of nitrogens with two attached hydrogens (primary N) is 1. The molecule has 1 aliphatic rings. The SMILES string of the molecule is NCCN1c2ccccc21. The van der Waals surface area contributed by atoms with E-state index in [1.54, 1.807) is 0 Å². The molecular formula is C8H10N2. The van der Waals surface area contributed by atoms with Crippen LogP contribution < -0.4 is 10.6 Å². The van der Waals surface area contributed by atoms with Gasteiger partial charge < -0.3 is 10.6 Å². The van der Waals surface area contributed by atoms with Gasteiger partial charge in [-0.1, -0.05) is 12.1 Å². The van der Waals surface area contributed by atoms with Crippen molar-refractivity contribution in [2.24, 2.45) is 5.73 Å². The van der Waals surface area contributed by atoms with E-state index >= 15 is 0 Å². The van der Waals surface area contributed by atoms with Gasteiger partial charge in [0.1, 0.15) is 0 Å².